The third-order valence-corrected chi connectivity index (χ3v) is 4.10. The second-order valence-corrected chi connectivity index (χ2v) is 6.13. The average Bonchev–Trinajstić information content (AvgIpc) is 2.91. The van der Waals surface area contributed by atoms with Gasteiger partial charge in [0, 0.05) is 25.0 Å². The van der Waals surface area contributed by atoms with Crippen molar-refractivity contribution in [3.63, 3.8) is 0 Å². The van der Waals surface area contributed by atoms with Crippen LogP contribution in [0.5, 0.6) is 0 Å². The van der Waals surface area contributed by atoms with Gasteiger partial charge in [0.15, 0.2) is 5.76 Å². The van der Waals surface area contributed by atoms with Gasteiger partial charge in [-0.15, -0.1) is 0 Å². The molecule has 0 spiro atoms. The summed E-state index contributed by atoms with van der Waals surface area (Å²) < 4.78 is 44.6. The number of carbonyl (C=O) groups is 1. The van der Waals surface area contributed by atoms with Crippen molar-refractivity contribution in [2.24, 2.45) is 0 Å². The van der Waals surface area contributed by atoms with Gasteiger partial charge in [-0.1, -0.05) is 18.2 Å². The average molecular weight is 362 g/mol. The maximum absolute atomic E-state index is 13.0. The predicted octanol–water partition coefficient (Wildman–Crippen LogP) is 5.08. The minimum atomic E-state index is -4.50. The molecular weight excluding hydrogens is 345 g/mol. The summed E-state index contributed by atoms with van der Waals surface area (Å²) in [4.78, 5) is 14.3. The first-order valence-corrected chi connectivity index (χ1v) is 7.86. The highest BCUT2D eigenvalue weighted by Gasteiger charge is 2.31. The van der Waals surface area contributed by atoms with E-state index < -0.39 is 17.6 Å². The van der Waals surface area contributed by atoms with E-state index in [-0.39, 0.29) is 11.4 Å². The number of aryl methyl sites for hydroxylation is 1. The van der Waals surface area contributed by atoms with E-state index in [1.54, 1.807) is 38.1 Å². The number of para-hydroxylation sites is 1. The molecule has 1 aromatic heterocycles. The summed E-state index contributed by atoms with van der Waals surface area (Å²) in [6, 6.07) is 10.4. The Hall–Kier alpha value is -2.96. The molecule has 0 fully saturated rings. The van der Waals surface area contributed by atoms with Crippen molar-refractivity contribution < 1.29 is 22.4 Å². The van der Waals surface area contributed by atoms with Crippen molar-refractivity contribution in [2.45, 2.75) is 13.1 Å². The quantitative estimate of drug-likeness (QED) is 0.707. The van der Waals surface area contributed by atoms with Crippen LogP contribution in [0.15, 0.2) is 46.9 Å². The van der Waals surface area contributed by atoms with Crippen LogP contribution in [-0.4, -0.2) is 20.0 Å². The molecule has 3 aromatic rings. The number of fused-ring (bicyclic) bond motifs is 1. The smallest absolute Gasteiger partial charge is 0.416 e. The third-order valence-electron chi connectivity index (χ3n) is 4.10. The predicted molar refractivity (Wildman–Crippen MR) is 94.7 cm³/mol. The van der Waals surface area contributed by atoms with Crippen LogP contribution in [0, 0.1) is 6.92 Å². The zero-order valence-electron chi connectivity index (χ0n) is 14.4. The fraction of sp³-hybridized carbons (Fsp3) is 0.211. The molecule has 2 aromatic carbocycles. The minimum Gasteiger partial charge on any atom is -0.451 e. The molecule has 0 atom stereocenters. The Balaban J connectivity index is 2.01. The molecule has 7 heteroatoms. The molecule has 3 rings (SSSR count). The largest absolute Gasteiger partial charge is 0.451 e. The Morgan fingerprint density at radius 1 is 1.12 bits per heavy atom. The Morgan fingerprint density at radius 2 is 1.81 bits per heavy atom. The Morgan fingerprint density at radius 3 is 2.42 bits per heavy atom. The molecule has 0 saturated heterocycles. The van der Waals surface area contributed by atoms with Crippen molar-refractivity contribution in [1.82, 2.24) is 0 Å². The highest BCUT2D eigenvalue weighted by atomic mass is 19.4. The lowest BCUT2D eigenvalue weighted by Crippen LogP contribution is -2.18. The van der Waals surface area contributed by atoms with E-state index in [1.807, 2.05) is 12.1 Å². The standard InChI is InChI=1S/C19H17F3N2O2/c1-11-13-6-4-5-7-16(13)26-17(11)18(25)23-14-10-12(19(20,21)22)8-9-15(14)24(2)3/h4-10H,1-3H3,(H,23,25). The van der Waals surface area contributed by atoms with Crippen molar-refractivity contribution in [2.75, 3.05) is 24.3 Å². The van der Waals surface area contributed by atoms with Gasteiger partial charge in [0.05, 0.1) is 16.9 Å². The lowest BCUT2D eigenvalue weighted by molar-refractivity contribution is -0.137. The van der Waals surface area contributed by atoms with E-state index in [9.17, 15) is 18.0 Å². The fourth-order valence-electron chi connectivity index (χ4n) is 2.77. The van der Waals surface area contributed by atoms with Crippen molar-refractivity contribution in [3.05, 3.63) is 59.4 Å². The number of furan rings is 1. The monoisotopic (exact) mass is 362 g/mol. The van der Waals surface area contributed by atoms with Gasteiger partial charge >= 0.3 is 6.18 Å². The van der Waals surface area contributed by atoms with Crippen LogP contribution in [0.3, 0.4) is 0 Å². The molecule has 4 nitrogen and oxygen atoms in total. The number of nitrogens with one attached hydrogen (secondary N) is 1. The highest BCUT2D eigenvalue weighted by molar-refractivity contribution is 6.07. The first-order chi connectivity index (χ1) is 12.2. The van der Waals surface area contributed by atoms with Crippen LogP contribution in [0.1, 0.15) is 21.7 Å². The maximum atomic E-state index is 13.0. The van der Waals surface area contributed by atoms with E-state index in [1.165, 1.54) is 6.07 Å². The van der Waals surface area contributed by atoms with Crippen LogP contribution in [0.25, 0.3) is 11.0 Å². The lowest BCUT2D eigenvalue weighted by atomic mass is 10.1. The van der Waals surface area contributed by atoms with Gasteiger partial charge in [-0.25, -0.2) is 0 Å². The first kappa shape index (κ1) is 17.8. The van der Waals surface area contributed by atoms with Crippen LogP contribution in [-0.2, 0) is 6.18 Å². The van der Waals surface area contributed by atoms with Crippen molar-refractivity contribution >= 4 is 28.3 Å². The summed E-state index contributed by atoms with van der Waals surface area (Å²) >= 11 is 0. The Kier molecular flexibility index (Phi) is 4.39. The molecule has 0 bridgehead atoms. The van der Waals surface area contributed by atoms with E-state index in [2.05, 4.69) is 5.32 Å². The molecular formula is C19H17F3N2O2. The van der Waals surface area contributed by atoms with Crippen molar-refractivity contribution in [3.8, 4) is 0 Å². The molecule has 1 N–H and O–H groups in total. The molecule has 1 amide bonds. The van der Waals surface area contributed by atoms with Gasteiger partial charge in [0.25, 0.3) is 5.91 Å². The van der Waals surface area contributed by atoms with Crippen LogP contribution in [0.2, 0.25) is 0 Å². The molecule has 0 radical (unpaired) electrons. The van der Waals surface area contributed by atoms with Gasteiger partial charge < -0.3 is 14.6 Å². The topological polar surface area (TPSA) is 45.5 Å². The van der Waals surface area contributed by atoms with E-state index >= 15 is 0 Å². The van der Waals surface area contributed by atoms with E-state index in [4.69, 9.17) is 4.42 Å². The van der Waals surface area contributed by atoms with Crippen LogP contribution < -0.4 is 10.2 Å². The number of hydrogen-bond donors (Lipinski definition) is 1. The molecule has 0 aliphatic rings. The van der Waals surface area contributed by atoms with E-state index in [0.29, 0.717) is 16.8 Å². The summed E-state index contributed by atoms with van der Waals surface area (Å²) in [5.41, 5.74) is 0.873. The normalized spacial score (nSPS) is 11.6. The third kappa shape index (κ3) is 3.24. The molecule has 0 aliphatic heterocycles. The van der Waals surface area contributed by atoms with Crippen LogP contribution >= 0.6 is 0 Å². The zero-order chi connectivity index (χ0) is 19.1. The Bertz CT molecular complexity index is 975. The van der Waals surface area contributed by atoms with Gasteiger partial charge in [-0.3, -0.25) is 4.79 Å². The maximum Gasteiger partial charge on any atom is 0.416 e. The summed E-state index contributed by atoms with van der Waals surface area (Å²) in [5.74, 6) is -0.519. The zero-order valence-corrected chi connectivity index (χ0v) is 14.4. The number of carbonyl (C=O) groups excluding carboxylic acids is 1. The van der Waals surface area contributed by atoms with E-state index in [0.717, 1.165) is 17.5 Å². The number of hydrogen-bond acceptors (Lipinski definition) is 3. The molecule has 0 aliphatic carbocycles. The number of anilines is 2. The minimum absolute atomic E-state index is 0.0645. The number of rotatable bonds is 3. The molecule has 1 heterocycles. The number of halogens is 3. The number of amides is 1. The number of alkyl halides is 3. The first-order valence-electron chi connectivity index (χ1n) is 7.86. The molecule has 0 saturated carbocycles. The van der Waals surface area contributed by atoms with Gasteiger partial charge in [-0.05, 0) is 31.2 Å². The number of benzene rings is 2. The highest BCUT2D eigenvalue weighted by Crippen LogP contribution is 2.35. The summed E-state index contributed by atoms with van der Waals surface area (Å²) in [5, 5.41) is 3.33. The SMILES string of the molecule is Cc1c(C(=O)Nc2cc(C(F)(F)F)ccc2N(C)C)oc2ccccc12. The van der Waals surface area contributed by atoms with Gasteiger partial charge in [-0.2, -0.15) is 13.2 Å². The lowest BCUT2D eigenvalue weighted by Gasteiger charge is -2.19. The molecule has 26 heavy (non-hydrogen) atoms. The second kappa shape index (κ2) is 6.40. The number of nitrogens with zero attached hydrogens (tertiary/aromatic N) is 1. The summed E-state index contributed by atoms with van der Waals surface area (Å²) in [6.45, 7) is 1.74. The Labute approximate surface area is 148 Å². The van der Waals surface area contributed by atoms with Crippen LogP contribution in [0.4, 0.5) is 24.5 Å². The van der Waals surface area contributed by atoms with Crippen molar-refractivity contribution in [1.29, 1.82) is 0 Å². The summed E-state index contributed by atoms with van der Waals surface area (Å²) in [6.07, 6.45) is -4.50. The van der Waals surface area contributed by atoms with Gasteiger partial charge in [0.1, 0.15) is 5.58 Å². The second-order valence-electron chi connectivity index (χ2n) is 6.13. The summed E-state index contributed by atoms with van der Waals surface area (Å²) in [7, 11) is 3.37. The molecule has 0 unspecified atom stereocenters. The van der Waals surface area contributed by atoms with Gasteiger partial charge in [0.2, 0.25) is 0 Å². The fourth-order valence-corrected chi connectivity index (χ4v) is 2.77. The molecule has 136 valence electrons.